The van der Waals surface area contributed by atoms with E-state index in [4.69, 9.17) is 11.6 Å². The molecule has 0 aliphatic carbocycles. The number of benzene rings is 5. The smallest absolute Gasteiger partial charge is 0.250 e. The first-order valence-corrected chi connectivity index (χ1v) is 14.1. The third kappa shape index (κ3) is 5.34. The molecule has 0 spiro atoms. The second-order valence-electron chi connectivity index (χ2n) is 9.30. The Labute approximate surface area is 240 Å². The Morgan fingerprint density at radius 1 is 0.900 bits per heavy atom. The van der Waals surface area contributed by atoms with Gasteiger partial charge in [0, 0.05) is 21.8 Å². The summed E-state index contributed by atoms with van der Waals surface area (Å²) in [5.41, 5.74) is 6.58. The third-order valence-electron chi connectivity index (χ3n) is 6.56. The van der Waals surface area contributed by atoms with Crippen molar-refractivity contribution in [2.75, 3.05) is 5.75 Å². The number of fused-ring (bicyclic) bond motifs is 2. The Morgan fingerprint density at radius 3 is 2.23 bits per heavy atom. The Balaban J connectivity index is 1.23. The summed E-state index contributed by atoms with van der Waals surface area (Å²) in [6.07, 6.45) is 1.72. The van der Waals surface area contributed by atoms with Gasteiger partial charge in [-0.1, -0.05) is 89.6 Å². The molecule has 40 heavy (non-hydrogen) atoms. The number of carbonyl (C=O) groups is 1. The van der Waals surface area contributed by atoms with Crippen molar-refractivity contribution in [1.82, 2.24) is 20.2 Å². The molecule has 5 aromatic carbocycles. The minimum atomic E-state index is -0.239. The van der Waals surface area contributed by atoms with E-state index in [9.17, 15) is 4.79 Å². The molecule has 6 rings (SSSR count). The molecule has 1 heterocycles. The molecule has 0 unspecified atom stereocenters. The van der Waals surface area contributed by atoms with Gasteiger partial charge in [0.15, 0.2) is 11.0 Å². The molecule has 0 aliphatic heterocycles. The number of hydrazone groups is 1. The molecule has 0 bridgehead atoms. The second kappa shape index (κ2) is 11.3. The molecule has 6 nitrogen and oxygen atoms in total. The molecule has 6 aromatic rings. The highest BCUT2D eigenvalue weighted by Crippen LogP contribution is 2.29. The first-order chi connectivity index (χ1) is 19.6. The van der Waals surface area contributed by atoms with Crippen LogP contribution in [-0.2, 0) is 4.79 Å². The molecule has 1 aromatic heterocycles. The lowest BCUT2D eigenvalue weighted by molar-refractivity contribution is -0.118. The Bertz CT molecular complexity index is 1810. The van der Waals surface area contributed by atoms with E-state index in [0.29, 0.717) is 16.0 Å². The van der Waals surface area contributed by atoms with E-state index in [2.05, 4.69) is 51.1 Å². The van der Waals surface area contributed by atoms with Crippen LogP contribution in [0.15, 0.2) is 113 Å². The largest absolute Gasteiger partial charge is 0.272 e. The molecule has 0 aliphatic rings. The number of hydrogen-bond donors (Lipinski definition) is 1. The van der Waals surface area contributed by atoms with Crippen molar-refractivity contribution in [2.24, 2.45) is 5.10 Å². The third-order valence-corrected chi connectivity index (χ3v) is 7.74. The Morgan fingerprint density at radius 2 is 1.55 bits per heavy atom. The zero-order valence-electron chi connectivity index (χ0n) is 21.6. The highest BCUT2D eigenvalue weighted by Gasteiger charge is 2.17. The van der Waals surface area contributed by atoms with Crippen LogP contribution in [0.2, 0.25) is 5.02 Å². The van der Waals surface area contributed by atoms with Crippen molar-refractivity contribution >= 4 is 57.0 Å². The van der Waals surface area contributed by atoms with Gasteiger partial charge in [0.25, 0.3) is 5.91 Å². The number of aromatic nitrogens is 3. The minimum Gasteiger partial charge on any atom is -0.272 e. The molecule has 1 amide bonds. The van der Waals surface area contributed by atoms with E-state index in [1.165, 1.54) is 11.8 Å². The van der Waals surface area contributed by atoms with Gasteiger partial charge in [-0.25, -0.2) is 5.43 Å². The van der Waals surface area contributed by atoms with Crippen LogP contribution in [0.5, 0.6) is 0 Å². The highest BCUT2D eigenvalue weighted by atomic mass is 35.5. The molecular formula is C32H24ClN5OS. The summed E-state index contributed by atoms with van der Waals surface area (Å²) in [5.74, 6) is 0.555. The van der Waals surface area contributed by atoms with E-state index in [0.717, 1.165) is 43.9 Å². The van der Waals surface area contributed by atoms with Gasteiger partial charge in [-0.05, 0) is 70.9 Å². The summed E-state index contributed by atoms with van der Waals surface area (Å²) in [6, 6.07) is 34.1. The van der Waals surface area contributed by atoms with Crippen molar-refractivity contribution in [3.8, 4) is 17.1 Å². The maximum Gasteiger partial charge on any atom is 0.250 e. The monoisotopic (exact) mass is 561 g/mol. The van der Waals surface area contributed by atoms with E-state index >= 15 is 0 Å². The number of nitrogens with one attached hydrogen (secondary N) is 1. The van der Waals surface area contributed by atoms with Gasteiger partial charge in [0.1, 0.15) is 0 Å². The Kier molecular flexibility index (Phi) is 7.31. The predicted molar refractivity (Wildman–Crippen MR) is 164 cm³/mol. The molecule has 0 fully saturated rings. The van der Waals surface area contributed by atoms with Gasteiger partial charge in [0.2, 0.25) is 0 Å². The van der Waals surface area contributed by atoms with Crippen LogP contribution < -0.4 is 5.43 Å². The van der Waals surface area contributed by atoms with Crippen LogP contribution in [0.3, 0.4) is 0 Å². The number of aryl methyl sites for hydroxylation is 1. The van der Waals surface area contributed by atoms with Crippen molar-refractivity contribution < 1.29 is 4.79 Å². The van der Waals surface area contributed by atoms with E-state index < -0.39 is 0 Å². The van der Waals surface area contributed by atoms with Gasteiger partial charge in [0.05, 0.1) is 12.0 Å². The fourth-order valence-electron chi connectivity index (χ4n) is 4.60. The maximum atomic E-state index is 12.8. The number of rotatable bonds is 7. The first-order valence-electron chi connectivity index (χ1n) is 12.7. The van der Waals surface area contributed by atoms with Crippen molar-refractivity contribution in [3.05, 3.63) is 119 Å². The average molecular weight is 562 g/mol. The van der Waals surface area contributed by atoms with Gasteiger partial charge in [-0.15, -0.1) is 10.2 Å². The van der Waals surface area contributed by atoms with Gasteiger partial charge >= 0.3 is 0 Å². The van der Waals surface area contributed by atoms with Crippen LogP contribution in [-0.4, -0.2) is 32.6 Å². The number of amides is 1. The number of nitrogens with zero attached hydrogens (tertiary/aromatic N) is 4. The highest BCUT2D eigenvalue weighted by molar-refractivity contribution is 7.99. The molecule has 0 atom stereocenters. The van der Waals surface area contributed by atoms with E-state index in [-0.39, 0.29) is 11.7 Å². The summed E-state index contributed by atoms with van der Waals surface area (Å²) in [5, 5.41) is 18.8. The van der Waals surface area contributed by atoms with E-state index in [1.54, 1.807) is 6.21 Å². The fourth-order valence-corrected chi connectivity index (χ4v) is 5.47. The molecular weight excluding hydrogens is 538 g/mol. The summed E-state index contributed by atoms with van der Waals surface area (Å²) >= 11 is 7.40. The van der Waals surface area contributed by atoms with Crippen LogP contribution >= 0.6 is 23.4 Å². The number of carbonyl (C=O) groups excluding carboxylic acids is 1. The normalized spacial score (nSPS) is 11.4. The molecule has 8 heteroatoms. The van der Waals surface area contributed by atoms with E-state index in [1.807, 2.05) is 84.3 Å². The van der Waals surface area contributed by atoms with Gasteiger partial charge in [-0.3, -0.25) is 9.36 Å². The number of thioether (sulfide) groups is 1. The Hall–Kier alpha value is -4.46. The number of hydrogen-bond acceptors (Lipinski definition) is 5. The number of halogens is 1. The van der Waals surface area contributed by atoms with Gasteiger partial charge in [-0.2, -0.15) is 5.10 Å². The second-order valence-corrected chi connectivity index (χ2v) is 10.7. The maximum absolute atomic E-state index is 12.8. The predicted octanol–water partition coefficient (Wildman–Crippen LogP) is 7.44. The molecule has 0 radical (unpaired) electrons. The lowest BCUT2D eigenvalue weighted by Gasteiger charge is -2.11. The topological polar surface area (TPSA) is 72.2 Å². The van der Waals surface area contributed by atoms with Crippen molar-refractivity contribution in [3.63, 3.8) is 0 Å². The minimum absolute atomic E-state index is 0.123. The molecule has 0 saturated carbocycles. The first kappa shape index (κ1) is 25.8. The van der Waals surface area contributed by atoms with Gasteiger partial charge < -0.3 is 0 Å². The summed E-state index contributed by atoms with van der Waals surface area (Å²) in [7, 11) is 0. The standard InChI is InChI=1S/C32H24ClN5OS/c1-21-10-16-26(17-11-21)38-31(22-12-14-25(33)15-13-22)36-37-32(38)40-20-30(39)35-34-19-29-27-8-4-2-6-23(27)18-24-7-3-5-9-28(24)29/h2-19H,20H2,1H3,(H,35,39)/b34-19+. The lowest BCUT2D eigenvalue weighted by Crippen LogP contribution is -2.20. The summed E-state index contributed by atoms with van der Waals surface area (Å²) in [4.78, 5) is 12.8. The molecule has 0 saturated heterocycles. The van der Waals surface area contributed by atoms with Crippen molar-refractivity contribution in [1.29, 1.82) is 0 Å². The molecule has 1 N–H and O–H groups in total. The summed E-state index contributed by atoms with van der Waals surface area (Å²) in [6.45, 7) is 2.04. The zero-order valence-corrected chi connectivity index (χ0v) is 23.2. The molecule has 196 valence electrons. The van der Waals surface area contributed by atoms with Crippen LogP contribution in [0.4, 0.5) is 0 Å². The fraction of sp³-hybridized carbons (Fsp3) is 0.0625. The van der Waals surface area contributed by atoms with Crippen LogP contribution in [0.1, 0.15) is 11.1 Å². The lowest BCUT2D eigenvalue weighted by atomic mass is 9.97. The van der Waals surface area contributed by atoms with Crippen molar-refractivity contribution in [2.45, 2.75) is 12.1 Å². The average Bonchev–Trinajstić information content (AvgIpc) is 3.40. The van der Waals surface area contributed by atoms with Crippen LogP contribution in [0, 0.1) is 6.92 Å². The van der Waals surface area contributed by atoms with Crippen LogP contribution in [0.25, 0.3) is 38.6 Å². The summed E-state index contributed by atoms with van der Waals surface area (Å²) < 4.78 is 1.95. The SMILES string of the molecule is Cc1ccc(-n2c(SCC(=O)N/N=C/c3c4ccccc4cc4ccccc34)nnc2-c2ccc(Cl)cc2)cc1. The quantitative estimate of drug-likeness (QED) is 0.0951. The zero-order chi connectivity index (χ0) is 27.5.